The number of carboxylic acids is 1. The molecule has 0 saturated heterocycles. The van der Waals surface area contributed by atoms with Crippen LogP contribution in [0.15, 0.2) is 82.7 Å². The molecule has 4 rings (SSSR count). The zero-order valence-corrected chi connectivity index (χ0v) is 17.9. The van der Waals surface area contributed by atoms with Crippen LogP contribution >= 0.6 is 23.2 Å². The first-order valence-electron chi connectivity index (χ1n) is 8.84. The van der Waals surface area contributed by atoms with E-state index in [9.17, 15) is 13.2 Å². The largest absolute Gasteiger partial charge is 0.478 e. The molecule has 0 aliphatic heterocycles. The molecule has 1 aromatic heterocycles. The summed E-state index contributed by atoms with van der Waals surface area (Å²) in [5.41, 5.74) is 1.28. The quantitative estimate of drug-likeness (QED) is 0.447. The second-order valence-corrected chi connectivity index (χ2v) is 9.13. The Bertz CT molecular complexity index is 1390. The van der Waals surface area contributed by atoms with Crippen LogP contribution in [0.4, 0.5) is 0 Å². The average molecular weight is 474 g/mol. The number of benzene rings is 3. The third kappa shape index (κ3) is 3.93. The van der Waals surface area contributed by atoms with Gasteiger partial charge in [-0.3, -0.25) is 0 Å². The predicted octanol–water partition coefficient (Wildman–Crippen LogP) is 4.77. The minimum atomic E-state index is -4.18. The van der Waals surface area contributed by atoms with Crippen LogP contribution in [-0.4, -0.2) is 34.5 Å². The Morgan fingerprint density at radius 1 is 0.935 bits per heavy atom. The number of hydrogen-bond donors (Lipinski definition) is 1. The van der Waals surface area contributed by atoms with E-state index in [4.69, 9.17) is 28.3 Å². The third-order valence-electron chi connectivity index (χ3n) is 4.48. The summed E-state index contributed by atoms with van der Waals surface area (Å²) in [5, 5.41) is 17.0. The van der Waals surface area contributed by atoms with Crippen molar-refractivity contribution in [2.75, 3.05) is 0 Å². The highest BCUT2D eigenvalue weighted by molar-refractivity contribution is 7.91. The fourth-order valence-corrected chi connectivity index (χ4v) is 5.08. The van der Waals surface area contributed by atoms with Crippen LogP contribution in [0.3, 0.4) is 0 Å². The molecular formula is C21H13Cl2N3O4S. The average Bonchev–Trinajstić information content (AvgIpc) is 3.22. The van der Waals surface area contributed by atoms with Crippen molar-refractivity contribution in [3.63, 3.8) is 0 Å². The Morgan fingerprint density at radius 2 is 1.61 bits per heavy atom. The number of carboxylic acid groups (broad SMARTS) is 1. The molecule has 0 atom stereocenters. The lowest BCUT2D eigenvalue weighted by molar-refractivity contribution is 0.0697. The lowest BCUT2D eigenvalue weighted by Gasteiger charge is -2.10. The van der Waals surface area contributed by atoms with Crippen molar-refractivity contribution in [1.29, 1.82) is 0 Å². The minimum Gasteiger partial charge on any atom is -0.478 e. The Morgan fingerprint density at radius 3 is 2.26 bits per heavy atom. The molecule has 0 unspecified atom stereocenters. The van der Waals surface area contributed by atoms with Gasteiger partial charge in [0.15, 0.2) is 0 Å². The molecule has 0 aliphatic carbocycles. The van der Waals surface area contributed by atoms with Crippen LogP contribution in [-0.2, 0) is 9.84 Å². The zero-order valence-electron chi connectivity index (χ0n) is 15.6. The fraction of sp³-hybridized carbons (Fsp3) is 0. The molecule has 0 saturated carbocycles. The summed E-state index contributed by atoms with van der Waals surface area (Å²) < 4.78 is 28.2. The van der Waals surface area contributed by atoms with Crippen molar-refractivity contribution in [3.05, 3.63) is 88.4 Å². The number of nitrogens with zero attached hydrogens (tertiary/aromatic N) is 3. The normalized spacial score (nSPS) is 11.4. The molecule has 0 fully saturated rings. The number of aromatic nitrogens is 3. The molecule has 0 spiro atoms. The van der Waals surface area contributed by atoms with Crippen LogP contribution in [0.1, 0.15) is 10.4 Å². The molecule has 4 aromatic rings. The van der Waals surface area contributed by atoms with E-state index in [2.05, 4.69) is 10.3 Å². The third-order valence-corrected chi connectivity index (χ3v) is 6.86. The SMILES string of the molecule is O=C(O)c1ccc(-n2nnc(S(=O)(=O)c3cc(Cl)ccc3Cl)c2-c2ccccc2)cc1. The molecule has 1 N–H and O–H groups in total. The summed E-state index contributed by atoms with van der Waals surface area (Å²) in [6, 6.07) is 18.7. The van der Waals surface area contributed by atoms with Gasteiger partial charge in [-0.1, -0.05) is 58.7 Å². The zero-order chi connectivity index (χ0) is 22.2. The van der Waals surface area contributed by atoms with Crippen LogP contribution < -0.4 is 0 Å². The van der Waals surface area contributed by atoms with Gasteiger partial charge in [-0.15, -0.1) is 5.10 Å². The molecule has 0 radical (unpaired) electrons. The Labute approximate surface area is 187 Å². The number of halogens is 2. The van der Waals surface area contributed by atoms with Crippen molar-refractivity contribution in [2.24, 2.45) is 0 Å². The minimum absolute atomic E-state index is 0.00349. The number of rotatable bonds is 5. The maximum atomic E-state index is 13.5. The smallest absolute Gasteiger partial charge is 0.335 e. The van der Waals surface area contributed by atoms with Gasteiger partial charge in [-0.05, 0) is 42.5 Å². The van der Waals surface area contributed by atoms with Gasteiger partial charge in [-0.2, -0.15) is 0 Å². The van der Waals surface area contributed by atoms with Crippen molar-refractivity contribution in [2.45, 2.75) is 9.92 Å². The molecular weight excluding hydrogens is 461 g/mol. The van der Waals surface area contributed by atoms with E-state index in [1.165, 1.54) is 47.1 Å². The summed E-state index contributed by atoms with van der Waals surface area (Å²) in [5.74, 6) is -1.08. The van der Waals surface area contributed by atoms with Gasteiger partial charge in [0.05, 0.1) is 21.2 Å². The Hall–Kier alpha value is -3.20. The van der Waals surface area contributed by atoms with E-state index >= 15 is 0 Å². The van der Waals surface area contributed by atoms with Crippen molar-refractivity contribution >= 4 is 39.0 Å². The fourth-order valence-electron chi connectivity index (χ4n) is 3.00. The second kappa shape index (κ2) is 8.14. The van der Waals surface area contributed by atoms with Crippen molar-refractivity contribution in [1.82, 2.24) is 15.0 Å². The molecule has 7 nitrogen and oxygen atoms in total. The highest BCUT2D eigenvalue weighted by Gasteiger charge is 2.31. The standard InChI is InChI=1S/C21H13Cl2N3O4S/c22-15-8-11-17(23)18(12-15)31(29,30)20-19(13-4-2-1-3-5-13)26(25-24-20)16-9-6-14(7-10-16)21(27)28/h1-12H,(H,27,28). The first kappa shape index (κ1) is 21.0. The number of sulfone groups is 1. The van der Waals surface area contributed by atoms with Gasteiger partial charge in [0.2, 0.25) is 14.9 Å². The highest BCUT2D eigenvalue weighted by atomic mass is 35.5. The monoisotopic (exact) mass is 473 g/mol. The number of hydrogen-bond acceptors (Lipinski definition) is 5. The molecule has 156 valence electrons. The van der Waals surface area contributed by atoms with Gasteiger partial charge in [-0.25, -0.2) is 17.9 Å². The molecule has 0 bridgehead atoms. The topological polar surface area (TPSA) is 102 Å². The summed E-state index contributed by atoms with van der Waals surface area (Å²) in [7, 11) is -4.18. The van der Waals surface area contributed by atoms with E-state index in [1.807, 2.05) is 0 Å². The lowest BCUT2D eigenvalue weighted by atomic mass is 10.1. The number of aromatic carboxylic acids is 1. The summed E-state index contributed by atoms with van der Waals surface area (Å²) >= 11 is 12.1. The summed E-state index contributed by atoms with van der Waals surface area (Å²) in [6.45, 7) is 0. The van der Waals surface area contributed by atoms with E-state index in [-0.39, 0.29) is 31.2 Å². The van der Waals surface area contributed by atoms with Gasteiger partial charge >= 0.3 is 5.97 Å². The van der Waals surface area contributed by atoms with Gasteiger partial charge in [0, 0.05) is 10.6 Å². The maximum absolute atomic E-state index is 13.5. The Kier molecular flexibility index (Phi) is 5.53. The van der Waals surface area contributed by atoms with Gasteiger partial charge in [0.1, 0.15) is 5.69 Å². The second-order valence-electron chi connectivity index (χ2n) is 6.45. The Balaban J connectivity index is 1.96. The molecule has 10 heteroatoms. The van der Waals surface area contributed by atoms with Gasteiger partial charge in [0.25, 0.3) is 0 Å². The molecule has 3 aromatic carbocycles. The highest BCUT2D eigenvalue weighted by Crippen LogP contribution is 2.35. The van der Waals surface area contributed by atoms with Crippen molar-refractivity contribution < 1.29 is 18.3 Å². The van der Waals surface area contributed by atoms with Gasteiger partial charge < -0.3 is 5.11 Å². The number of carbonyl (C=O) groups is 1. The molecule has 31 heavy (non-hydrogen) atoms. The summed E-state index contributed by atoms with van der Waals surface area (Å²) in [6.07, 6.45) is 0. The molecule has 1 heterocycles. The summed E-state index contributed by atoms with van der Waals surface area (Å²) in [4.78, 5) is 11.0. The van der Waals surface area contributed by atoms with Crippen LogP contribution in [0.2, 0.25) is 10.0 Å². The predicted molar refractivity (Wildman–Crippen MR) is 116 cm³/mol. The van der Waals surface area contributed by atoms with E-state index in [0.29, 0.717) is 11.3 Å². The first-order valence-corrected chi connectivity index (χ1v) is 11.1. The lowest BCUT2D eigenvalue weighted by Crippen LogP contribution is -2.07. The van der Waals surface area contributed by atoms with E-state index in [1.54, 1.807) is 30.3 Å². The van der Waals surface area contributed by atoms with Crippen molar-refractivity contribution in [3.8, 4) is 16.9 Å². The van der Waals surface area contributed by atoms with Crippen LogP contribution in [0.25, 0.3) is 16.9 Å². The van der Waals surface area contributed by atoms with Crippen LogP contribution in [0.5, 0.6) is 0 Å². The van der Waals surface area contributed by atoms with E-state index in [0.717, 1.165) is 0 Å². The molecule has 0 amide bonds. The van der Waals surface area contributed by atoms with Crippen LogP contribution in [0, 0.1) is 0 Å². The first-order chi connectivity index (χ1) is 14.8. The maximum Gasteiger partial charge on any atom is 0.335 e. The molecule has 0 aliphatic rings. The van der Waals surface area contributed by atoms with E-state index < -0.39 is 15.8 Å².